The molecular weight excluding hydrogens is 837 g/mol. The largest absolute Gasteiger partial charge is 0.463 e. The fourth-order valence-electron chi connectivity index (χ4n) is 5.93. The number of carbonyl (C=O) groups excluding carboxylic acids is 8. The zero-order chi connectivity index (χ0) is 43.5. The van der Waals surface area contributed by atoms with E-state index < -0.39 is 129 Å². The van der Waals surface area contributed by atoms with Gasteiger partial charge in [-0.2, -0.15) is 0 Å². The maximum atomic E-state index is 13.1. The molecule has 0 unspecified atom stereocenters. The SMILES string of the molecule is CCOP(=S)(NN1C(=O)CSC1=N[C@@H]1O[C@H](COC(C)=O)[C@@H](O[C@H]2O[C@H](CC(C)=O)[C@@H](OC(C)=O)[C@H](OC(C)=O)[C@H]2OC(C)=O)[C@H](OC(C)=O)[C@H]1OC(C)=O)OCC. The summed E-state index contributed by atoms with van der Waals surface area (Å²) in [5.41, 5.74) is 0. The van der Waals surface area contributed by atoms with E-state index in [1.165, 1.54) is 6.92 Å². The zero-order valence-corrected chi connectivity index (χ0v) is 35.8. The molecule has 0 aromatic heterocycles. The van der Waals surface area contributed by atoms with Crippen molar-refractivity contribution in [2.24, 2.45) is 4.99 Å². The molecule has 10 atom stereocenters. The molecule has 3 rings (SSSR count). The molecule has 0 aromatic rings. The molecule has 0 spiro atoms. The maximum absolute atomic E-state index is 13.1. The van der Waals surface area contributed by atoms with E-state index in [0.717, 1.165) is 58.3 Å². The van der Waals surface area contributed by atoms with Crippen LogP contribution in [0.5, 0.6) is 0 Å². The second kappa shape index (κ2) is 22.1. The number of aliphatic imine (C=N–C) groups is 1. The summed E-state index contributed by atoms with van der Waals surface area (Å²) >= 11 is 6.49. The lowest BCUT2D eigenvalue weighted by atomic mass is 9.93. The molecule has 58 heavy (non-hydrogen) atoms. The first-order chi connectivity index (χ1) is 27.2. The Bertz CT molecular complexity index is 1640. The fraction of sp³-hybridized carbons (Fsp3) is 0.727. The van der Waals surface area contributed by atoms with Crippen LogP contribution in [0, 0.1) is 0 Å². The van der Waals surface area contributed by atoms with E-state index in [1.807, 2.05) is 0 Å². The van der Waals surface area contributed by atoms with E-state index in [-0.39, 0.29) is 24.1 Å². The second-order valence-electron chi connectivity index (χ2n) is 12.7. The summed E-state index contributed by atoms with van der Waals surface area (Å²) in [4.78, 5) is 105. The van der Waals surface area contributed by atoms with Crippen LogP contribution < -0.4 is 5.20 Å². The number of ketones is 1. The average Bonchev–Trinajstić information content (AvgIpc) is 3.42. The van der Waals surface area contributed by atoms with Crippen LogP contribution >= 0.6 is 18.4 Å². The number of hydrogen-bond donors (Lipinski definition) is 1. The molecule has 0 aliphatic carbocycles. The van der Waals surface area contributed by atoms with Gasteiger partial charge in [0.25, 0.3) is 12.5 Å². The van der Waals surface area contributed by atoms with E-state index in [2.05, 4.69) is 10.2 Å². The summed E-state index contributed by atoms with van der Waals surface area (Å²) in [6.07, 6.45) is -16.6. The average molecular weight is 886 g/mol. The van der Waals surface area contributed by atoms with Crippen molar-refractivity contribution in [3.63, 3.8) is 0 Å². The Kier molecular flexibility index (Phi) is 18.6. The van der Waals surface area contributed by atoms with Gasteiger partial charge in [-0.1, -0.05) is 11.8 Å². The maximum Gasteiger partial charge on any atom is 0.303 e. The number of amidine groups is 1. The van der Waals surface area contributed by atoms with Crippen LogP contribution in [-0.4, -0.2) is 145 Å². The van der Waals surface area contributed by atoms with Crippen LogP contribution in [0.2, 0.25) is 0 Å². The van der Waals surface area contributed by atoms with Gasteiger partial charge < -0.3 is 51.7 Å². The molecule has 0 radical (unpaired) electrons. The second-order valence-corrected chi connectivity index (χ2v) is 16.7. The topological polar surface area (TPSA) is 266 Å². The molecule has 0 aromatic carbocycles. The lowest BCUT2D eigenvalue weighted by Crippen LogP contribution is -2.66. The molecule has 22 nitrogen and oxygen atoms in total. The summed E-state index contributed by atoms with van der Waals surface area (Å²) in [5, 5.41) is 3.74. The summed E-state index contributed by atoms with van der Waals surface area (Å²) in [6.45, 7) is 7.21. The van der Waals surface area contributed by atoms with E-state index in [9.17, 15) is 38.4 Å². The number of thioether (sulfide) groups is 1. The quantitative estimate of drug-likeness (QED) is 0.113. The van der Waals surface area contributed by atoms with Gasteiger partial charge in [0.2, 0.25) is 0 Å². The van der Waals surface area contributed by atoms with Gasteiger partial charge in [-0.25, -0.2) is 10.0 Å². The Hall–Kier alpha value is -3.61. The van der Waals surface area contributed by atoms with Crippen molar-refractivity contribution in [2.75, 3.05) is 25.6 Å². The normalized spacial score (nSPS) is 29.3. The number of carbonyl (C=O) groups is 8. The number of esters is 6. The van der Waals surface area contributed by atoms with E-state index in [1.54, 1.807) is 13.8 Å². The predicted octanol–water partition coefficient (Wildman–Crippen LogP) is 0.756. The predicted molar refractivity (Wildman–Crippen MR) is 199 cm³/mol. The van der Waals surface area contributed by atoms with Gasteiger partial charge in [0, 0.05) is 48.0 Å². The van der Waals surface area contributed by atoms with Crippen molar-refractivity contribution >= 4 is 82.9 Å². The van der Waals surface area contributed by atoms with Crippen LogP contribution in [0.15, 0.2) is 4.99 Å². The zero-order valence-electron chi connectivity index (χ0n) is 33.2. The number of Topliss-reactive ketones (excluding diaryl/α,β-unsaturated/α-hetero) is 1. The minimum atomic E-state index is -3.30. The number of ether oxygens (including phenoxy) is 9. The lowest BCUT2D eigenvalue weighted by molar-refractivity contribution is -0.342. The van der Waals surface area contributed by atoms with Gasteiger partial charge in [-0.3, -0.25) is 38.4 Å². The van der Waals surface area contributed by atoms with E-state index in [4.69, 9.17) is 63.5 Å². The Morgan fingerprint density at radius 2 is 1.22 bits per heavy atom. The molecule has 0 bridgehead atoms. The third-order valence-electron chi connectivity index (χ3n) is 7.77. The Morgan fingerprint density at radius 1 is 0.724 bits per heavy atom. The van der Waals surface area contributed by atoms with Gasteiger partial charge >= 0.3 is 35.8 Å². The molecule has 3 saturated heterocycles. The molecule has 1 N–H and O–H groups in total. The number of hydrazine groups is 1. The highest BCUT2D eigenvalue weighted by atomic mass is 32.5. The Morgan fingerprint density at radius 3 is 1.72 bits per heavy atom. The molecule has 25 heteroatoms. The minimum absolute atomic E-state index is 0.0497. The molecule has 3 aliphatic rings. The van der Waals surface area contributed by atoms with Crippen molar-refractivity contribution in [1.29, 1.82) is 0 Å². The first kappa shape index (κ1) is 48.8. The molecule has 3 fully saturated rings. The standard InChI is InChI=1S/C33H48N3O19PS2/c1-10-46-56(57,47-11-2)35-36-24(44)14-58-33(36)34-31-29(51-20(8)42)27(49-18(6)40)26(23(53-31)13-45-16(4)38)55-32-30(52-21(9)43)28(50-19(7)41)25(48-17(5)39)22(54-32)12-15(3)37/h22-23,25-32H,10-14H2,1-9H3,(H,35,57)/t22-,23-,25-,26-,27+,28+,29-,30-,31-,32-/m1/s1. The van der Waals surface area contributed by atoms with Gasteiger partial charge in [0.05, 0.1) is 19.0 Å². The summed E-state index contributed by atoms with van der Waals surface area (Å²) in [6, 6.07) is 0. The van der Waals surface area contributed by atoms with Crippen LogP contribution in [-0.2, 0) is 102 Å². The number of nitrogens with one attached hydrogen (secondary N) is 1. The lowest BCUT2D eigenvalue weighted by Gasteiger charge is -2.48. The number of nitrogens with zero attached hydrogens (tertiary/aromatic N) is 2. The number of amides is 1. The monoisotopic (exact) mass is 885 g/mol. The first-order valence-electron chi connectivity index (χ1n) is 17.8. The molecule has 0 saturated carbocycles. The smallest absolute Gasteiger partial charge is 0.303 e. The highest BCUT2D eigenvalue weighted by molar-refractivity contribution is 8.15. The number of rotatable bonds is 18. The van der Waals surface area contributed by atoms with Gasteiger partial charge in [-0.15, -0.1) is 5.20 Å². The summed E-state index contributed by atoms with van der Waals surface area (Å²) in [5.74, 6) is -6.42. The van der Waals surface area contributed by atoms with Crippen molar-refractivity contribution in [3.05, 3.63) is 0 Å². The van der Waals surface area contributed by atoms with Crippen LogP contribution in [0.25, 0.3) is 0 Å². The van der Waals surface area contributed by atoms with Crippen molar-refractivity contribution in [1.82, 2.24) is 10.2 Å². The van der Waals surface area contributed by atoms with Crippen molar-refractivity contribution in [2.45, 2.75) is 130 Å². The van der Waals surface area contributed by atoms with Crippen LogP contribution in [0.4, 0.5) is 0 Å². The van der Waals surface area contributed by atoms with Crippen molar-refractivity contribution in [3.8, 4) is 0 Å². The van der Waals surface area contributed by atoms with Gasteiger partial charge in [-0.05, 0) is 32.6 Å². The summed E-state index contributed by atoms with van der Waals surface area (Å²) in [7, 11) is 0. The van der Waals surface area contributed by atoms with Crippen LogP contribution in [0.1, 0.15) is 68.7 Å². The highest BCUT2D eigenvalue weighted by Crippen LogP contribution is 2.45. The van der Waals surface area contributed by atoms with Crippen molar-refractivity contribution < 1.29 is 90.0 Å². The Labute approximate surface area is 343 Å². The Balaban J connectivity index is 2.22. The van der Waals surface area contributed by atoms with Gasteiger partial charge in [0.1, 0.15) is 30.7 Å². The molecule has 326 valence electrons. The summed E-state index contributed by atoms with van der Waals surface area (Å²) < 4.78 is 63.0. The molecule has 3 aliphatic heterocycles. The molecule has 3 heterocycles. The fourth-order valence-corrected chi connectivity index (χ4v) is 9.03. The number of hydrogen-bond acceptors (Lipinski definition) is 22. The highest BCUT2D eigenvalue weighted by Gasteiger charge is 2.57. The van der Waals surface area contributed by atoms with E-state index in [0.29, 0.717) is 0 Å². The van der Waals surface area contributed by atoms with Gasteiger partial charge in [0.15, 0.2) is 48.2 Å². The minimum Gasteiger partial charge on any atom is -0.463 e. The van der Waals surface area contributed by atoms with E-state index >= 15 is 0 Å². The first-order valence-corrected chi connectivity index (χ1v) is 21.5. The third kappa shape index (κ3) is 14.0. The van der Waals surface area contributed by atoms with Crippen LogP contribution in [0.3, 0.4) is 0 Å². The third-order valence-corrected chi connectivity index (χ3v) is 11.2. The molecule has 1 amide bonds. The molecular formula is C33H48N3O19PS2.